The monoisotopic (exact) mass is 354 g/mol. The van der Waals surface area contributed by atoms with E-state index in [4.69, 9.17) is 4.74 Å². The second kappa shape index (κ2) is 8.23. The van der Waals surface area contributed by atoms with E-state index in [2.05, 4.69) is 58.7 Å². The second-order valence-corrected chi connectivity index (χ2v) is 7.01. The molecule has 1 aliphatic heterocycles. The van der Waals surface area contributed by atoms with Crippen molar-refractivity contribution in [1.29, 1.82) is 0 Å². The second-order valence-electron chi connectivity index (χ2n) is 7.01. The van der Waals surface area contributed by atoms with Gasteiger partial charge in [0.25, 0.3) is 0 Å². The van der Waals surface area contributed by atoms with Crippen LogP contribution in [-0.2, 0) is 17.7 Å². The summed E-state index contributed by atoms with van der Waals surface area (Å²) in [6, 6.07) is 17.5. The molecule has 5 nitrogen and oxygen atoms in total. The number of benzene rings is 2. The fourth-order valence-electron chi connectivity index (χ4n) is 3.66. The zero-order chi connectivity index (χ0) is 18.5. The molecule has 1 heterocycles. The molecule has 5 heteroatoms. The number of ether oxygens (including phenoxy) is 1. The molecule has 0 radical (unpaired) electrons. The maximum absolute atomic E-state index is 11.6. The Labute approximate surface area is 155 Å². The summed E-state index contributed by atoms with van der Waals surface area (Å²) in [5, 5.41) is 2.90. The minimum Gasteiger partial charge on any atom is -0.453 e. The number of fused-ring (bicyclic) bond motifs is 1. The topological polar surface area (TPSA) is 46.0 Å². The molecule has 0 spiro atoms. The first-order valence-corrected chi connectivity index (χ1v) is 9.09. The summed E-state index contributed by atoms with van der Waals surface area (Å²) in [5.41, 5.74) is 5.26. The summed E-state index contributed by atoms with van der Waals surface area (Å²) in [6.45, 7) is 2.59. The maximum Gasteiger partial charge on any atom is 0.407 e. The summed E-state index contributed by atoms with van der Waals surface area (Å²) in [6.07, 6.45) is 0.687. The molecule has 0 bridgehead atoms. The largest absolute Gasteiger partial charge is 0.453 e. The lowest BCUT2D eigenvalue weighted by Crippen LogP contribution is -3.12. The van der Waals surface area contributed by atoms with E-state index >= 15 is 0 Å². The molecule has 1 amide bonds. The van der Waals surface area contributed by atoms with Gasteiger partial charge >= 0.3 is 6.09 Å². The first kappa shape index (κ1) is 18.3. The van der Waals surface area contributed by atoms with Gasteiger partial charge in [-0.3, -0.25) is 0 Å². The Morgan fingerprint density at radius 3 is 2.50 bits per heavy atom. The van der Waals surface area contributed by atoms with Gasteiger partial charge in [0, 0.05) is 37.3 Å². The van der Waals surface area contributed by atoms with Crippen molar-refractivity contribution in [2.75, 3.05) is 39.2 Å². The highest BCUT2D eigenvalue weighted by molar-refractivity contribution is 5.66. The molecule has 1 unspecified atom stereocenters. The van der Waals surface area contributed by atoms with Gasteiger partial charge in [-0.2, -0.15) is 0 Å². The highest BCUT2D eigenvalue weighted by Crippen LogP contribution is 2.18. The Morgan fingerprint density at radius 2 is 1.85 bits per heavy atom. The number of amides is 1. The van der Waals surface area contributed by atoms with E-state index in [1.165, 1.54) is 34.4 Å². The van der Waals surface area contributed by atoms with Crippen molar-refractivity contribution in [3.05, 3.63) is 65.2 Å². The standard InChI is InChI=1S/C21H27N3O2/c1-23(2)19-10-8-17(9-11-19)20(14-22-21(25)26-3)24-13-12-16-6-4-5-7-18(16)15-24/h4-11,20H,12-15H2,1-3H3,(H,22,25)/p+1/t20-/m0/s1. The predicted octanol–water partition coefficient (Wildman–Crippen LogP) is 1.79. The van der Waals surface area contributed by atoms with E-state index in [0.717, 1.165) is 19.5 Å². The number of hydrogen-bond acceptors (Lipinski definition) is 3. The van der Waals surface area contributed by atoms with Crippen LogP contribution in [0.2, 0.25) is 0 Å². The lowest BCUT2D eigenvalue weighted by Gasteiger charge is -2.33. The summed E-state index contributed by atoms with van der Waals surface area (Å²) in [5.74, 6) is 0. The lowest BCUT2D eigenvalue weighted by atomic mass is 9.96. The summed E-state index contributed by atoms with van der Waals surface area (Å²) >= 11 is 0. The van der Waals surface area contributed by atoms with E-state index in [1.54, 1.807) is 0 Å². The van der Waals surface area contributed by atoms with Crippen LogP contribution in [0.15, 0.2) is 48.5 Å². The van der Waals surface area contributed by atoms with Gasteiger partial charge in [-0.1, -0.05) is 36.4 Å². The van der Waals surface area contributed by atoms with Gasteiger partial charge in [0.1, 0.15) is 12.6 Å². The number of quaternary nitrogens is 1. The molecule has 3 rings (SSSR count). The van der Waals surface area contributed by atoms with Crippen molar-refractivity contribution in [3.63, 3.8) is 0 Å². The van der Waals surface area contributed by atoms with Crippen molar-refractivity contribution in [3.8, 4) is 0 Å². The van der Waals surface area contributed by atoms with Gasteiger partial charge in [-0.25, -0.2) is 4.79 Å². The average Bonchev–Trinajstić information content (AvgIpc) is 2.68. The first-order valence-electron chi connectivity index (χ1n) is 9.09. The maximum atomic E-state index is 11.6. The van der Waals surface area contributed by atoms with Crippen molar-refractivity contribution in [2.24, 2.45) is 0 Å². The zero-order valence-electron chi connectivity index (χ0n) is 15.8. The Kier molecular flexibility index (Phi) is 5.78. The molecule has 2 aromatic carbocycles. The molecule has 1 aliphatic rings. The fourth-order valence-corrected chi connectivity index (χ4v) is 3.66. The van der Waals surface area contributed by atoms with Crippen LogP contribution < -0.4 is 15.1 Å². The third-order valence-electron chi connectivity index (χ3n) is 5.19. The fraction of sp³-hybridized carbons (Fsp3) is 0.381. The van der Waals surface area contributed by atoms with Gasteiger partial charge in [0.15, 0.2) is 0 Å². The number of nitrogens with one attached hydrogen (secondary N) is 2. The smallest absolute Gasteiger partial charge is 0.407 e. The zero-order valence-corrected chi connectivity index (χ0v) is 15.8. The van der Waals surface area contributed by atoms with Gasteiger partial charge in [-0.15, -0.1) is 0 Å². The van der Waals surface area contributed by atoms with E-state index < -0.39 is 0 Å². The minimum absolute atomic E-state index is 0.193. The van der Waals surface area contributed by atoms with Crippen LogP contribution in [0.25, 0.3) is 0 Å². The van der Waals surface area contributed by atoms with E-state index in [9.17, 15) is 4.79 Å². The number of nitrogens with zero attached hydrogens (tertiary/aromatic N) is 1. The van der Waals surface area contributed by atoms with Gasteiger partial charge in [-0.05, 0) is 17.7 Å². The Bertz CT molecular complexity index is 743. The predicted molar refractivity (Wildman–Crippen MR) is 104 cm³/mol. The van der Waals surface area contributed by atoms with Crippen LogP contribution in [0, 0.1) is 0 Å². The Morgan fingerprint density at radius 1 is 1.15 bits per heavy atom. The molecule has 0 fully saturated rings. The molecule has 138 valence electrons. The molecule has 26 heavy (non-hydrogen) atoms. The molecule has 2 N–H and O–H groups in total. The number of rotatable bonds is 5. The summed E-state index contributed by atoms with van der Waals surface area (Å²) in [7, 11) is 5.48. The lowest BCUT2D eigenvalue weighted by molar-refractivity contribution is -0.945. The van der Waals surface area contributed by atoms with E-state index in [0.29, 0.717) is 6.54 Å². The van der Waals surface area contributed by atoms with Crippen molar-refractivity contribution in [2.45, 2.75) is 19.0 Å². The van der Waals surface area contributed by atoms with Gasteiger partial charge in [0.2, 0.25) is 0 Å². The van der Waals surface area contributed by atoms with Crippen LogP contribution in [-0.4, -0.2) is 40.4 Å². The number of alkyl carbamates (subject to hydrolysis) is 1. The third kappa shape index (κ3) is 4.17. The van der Waals surface area contributed by atoms with Crippen LogP contribution in [0.5, 0.6) is 0 Å². The van der Waals surface area contributed by atoms with E-state index in [1.807, 2.05) is 14.1 Å². The molecule has 2 aromatic rings. The number of methoxy groups -OCH3 is 1. The first-order chi connectivity index (χ1) is 12.6. The van der Waals surface area contributed by atoms with Crippen molar-refractivity contribution < 1.29 is 14.4 Å². The molecular formula is C21H28N3O2+. The molecule has 2 atom stereocenters. The Hall–Kier alpha value is -2.53. The number of anilines is 1. The number of carbonyl (C=O) groups is 1. The SMILES string of the molecule is COC(=O)NC[C@@H](c1ccc(N(C)C)cc1)[NH+]1CCc2ccccc2C1. The molecular weight excluding hydrogens is 326 g/mol. The summed E-state index contributed by atoms with van der Waals surface area (Å²) < 4.78 is 4.76. The Balaban J connectivity index is 1.82. The molecule has 0 aliphatic carbocycles. The molecule has 0 aromatic heterocycles. The highest BCUT2D eigenvalue weighted by Gasteiger charge is 2.28. The molecule has 0 saturated carbocycles. The van der Waals surface area contributed by atoms with Crippen molar-refractivity contribution in [1.82, 2.24) is 5.32 Å². The van der Waals surface area contributed by atoms with Crippen LogP contribution in [0.1, 0.15) is 22.7 Å². The average molecular weight is 354 g/mol. The van der Waals surface area contributed by atoms with Crippen LogP contribution >= 0.6 is 0 Å². The minimum atomic E-state index is -0.378. The number of hydrogen-bond donors (Lipinski definition) is 2. The van der Waals surface area contributed by atoms with Gasteiger partial charge < -0.3 is 19.9 Å². The highest BCUT2D eigenvalue weighted by atomic mass is 16.5. The normalized spacial score (nSPS) is 17.1. The van der Waals surface area contributed by atoms with Gasteiger partial charge in [0.05, 0.1) is 20.2 Å². The van der Waals surface area contributed by atoms with Crippen molar-refractivity contribution >= 4 is 11.8 Å². The quantitative estimate of drug-likeness (QED) is 0.861. The van der Waals surface area contributed by atoms with Crippen LogP contribution in [0.4, 0.5) is 10.5 Å². The number of carbonyl (C=O) groups excluding carboxylic acids is 1. The van der Waals surface area contributed by atoms with E-state index in [-0.39, 0.29) is 12.1 Å². The third-order valence-corrected chi connectivity index (χ3v) is 5.19. The summed E-state index contributed by atoms with van der Waals surface area (Å²) in [4.78, 5) is 15.2. The van der Waals surface area contributed by atoms with Crippen LogP contribution in [0.3, 0.4) is 0 Å². The molecule has 0 saturated heterocycles.